The number of rotatable bonds is 6. The molecule has 0 aliphatic carbocycles. The lowest BCUT2D eigenvalue weighted by Crippen LogP contribution is -1.93. The third-order valence-electron chi connectivity index (χ3n) is 3.51. The molecule has 0 bridgehead atoms. The molecule has 118 valence electrons. The van der Waals surface area contributed by atoms with E-state index in [9.17, 15) is 4.79 Å². The first kappa shape index (κ1) is 16.8. The first-order chi connectivity index (χ1) is 11.1. The molecule has 2 aromatic rings. The van der Waals surface area contributed by atoms with Crippen molar-refractivity contribution < 1.29 is 9.53 Å². The lowest BCUT2D eigenvalue weighted by molar-refractivity contribution is 0.112. The Bertz CT molecular complexity index is 701. The van der Waals surface area contributed by atoms with E-state index in [0.29, 0.717) is 12.2 Å². The molecule has 0 unspecified atom stereocenters. The van der Waals surface area contributed by atoms with Crippen LogP contribution in [0.2, 0.25) is 0 Å². The maximum Gasteiger partial charge on any atom is 0.150 e. The summed E-state index contributed by atoms with van der Waals surface area (Å²) in [6.07, 6.45) is 5.04. The van der Waals surface area contributed by atoms with Crippen molar-refractivity contribution >= 4 is 17.9 Å². The number of carbonyl (C=O) groups excluding carboxylic acids is 1. The molecule has 2 rings (SSSR count). The first-order valence-electron chi connectivity index (χ1n) is 7.68. The summed E-state index contributed by atoms with van der Waals surface area (Å²) in [6.45, 7) is 6.78. The predicted octanol–water partition coefficient (Wildman–Crippen LogP) is 5.40. The minimum atomic E-state index is 0.597. The van der Waals surface area contributed by atoms with Crippen LogP contribution in [0.1, 0.15) is 42.3 Å². The summed E-state index contributed by atoms with van der Waals surface area (Å²) in [5.41, 5.74) is 5.33. The number of benzene rings is 2. The highest BCUT2D eigenvalue weighted by molar-refractivity contribution is 5.82. The average Bonchev–Trinajstić information content (AvgIpc) is 2.56. The van der Waals surface area contributed by atoms with Gasteiger partial charge < -0.3 is 4.74 Å². The molecular formula is C21H22O2. The standard InChI is InChI=1S/C21H22O2/c1-16(2)12-13-23-21-10-6-18(7-11-21)14-17(3)20-8-4-19(15-22)5-9-20/h4-12,14-15H,13H2,1-3H3/b17-14+. The lowest BCUT2D eigenvalue weighted by atomic mass is 10.0. The van der Waals surface area contributed by atoms with Gasteiger partial charge in [-0.1, -0.05) is 48.0 Å². The second-order valence-corrected chi connectivity index (χ2v) is 5.73. The van der Waals surface area contributed by atoms with E-state index >= 15 is 0 Å². The molecule has 0 amide bonds. The fourth-order valence-electron chi connectivity index (χ4n) is 2.12. The largest absolute Gasteiger partial charge is 0.490 e. The number of hydrogen-bond acceptors (Lipinski definition) is 2. The number of allylic oxidation sites excluding steroid dienone is 2. The van der Waals surface area contributed by atoms with Crippen molar-refractivity contribution in [3.8, 4) is 5.75 Å². The lowest BCUT2D eigenvalue weighted by Gasteiger charge is -2.05. The summed E-state index contributed by atoms with van der Waals surface area (Å²) >= 11 is 0. The molecule has 0 aromatic heterocycles. The molecule has 2 nitrogen and oxygen atoms in total. The van der Waals surface area contributed by atoms with Gasteiger partial charge in [0, 0.05) is 5.56 Å². The third kappa shape index (κ3) is 5.26. The van der Waals surface area contributed by atoms with Gasteiger partial charge in [0.05, 0.1) is 0 Å². The van der Waals surface area contributed by atoms with Crippen LogP contribution in [0, 0.1) is 0 Å². The monoisotopic (exact) mass is 306 g/mol. The van der Waals surface area contributed by atoms with E-state index in [-0.39, 0.29) is 0 Å². The SMILES string of the molecule is CC(C)=CCOc1ccc(/C=C(\C)c2ccc(C=O)cc2)cc1. The molecule has 0 heterocycles. The van der Waals surface area contributed by atoms with E-state index in [1.54, 1.807) is 0 Å². The normalized spacial score (nSPS) is 11.0. The molecule has 0 fully saturated rings. The Morgan fingerprint density at radius 2 is 1.52 bits per heavy atom. The van der Waals surface area contributed by atoms with Crippen molar-refractivity contribution in [3.63, 3.8) is 0 Å². The number of ether oxygens (including phenoxy) is 1. The minimum absolute atomic E-state index is 0.597. The Kier molecular flexibility index (Phi) is 5.93. The van der Waals surface area contributed by atoms with Gasteiger partial charge in [-0.05, 0) is 55.7 Å². The van der Waals surface area contributed by atoms with Crippen LogP contribution in [0.3, 0.4) is 0 Å². The topological polar surface area (TPSA) is 26.3 Å². The van der Waals surface area contributed by atoms with Crippen molar-refractivity contribution in [3.05, 3.63) is 76.9 Å². The summed E-state index contributed by atoms with van der Waals surface area (Å²) in [5.74, 6) is 0.868. The van der Waals surface area contributed by atoms with Gasteiger partial charge in [-0.2, -0.15) is 0 Å². The molecule has 23 heavy (non-hydrogen) atoms. The molecule has 0 saturated carbocycles. The molecule has 2 aromatic carbocycles. The highest BCUT2D eigenvalue weighted by atomic mass is 16.5. The van der Waals surface area contributed by atoms with Crippen LogP contribution in [-0.2, 0) is 0 Å². The smallest absolute Gasteiger partial charge is 0.150 e. The van der Waals surface area contributed by atoms with Crippen LogP contribution in [0.25, 0.3) is 11.6 Å². The summed E-state index contributed by atoms with van der Waals surface area (Å²) in [5, 5.41) is 0. The van der Waals surface area contributed by atoms with Gasteiger partial charge in [-0.25, -0.2) is 0 Å². The van der Waals surface area contributed by atoms with Gasteiger partial charge in [-0.15, -0.1) is 0 Å². The third-order valence-corrected chi connectivity index (χ3v) is 3.51. The maximum atomic E-state index is 10.7. The molecule has 0 atom stereocenters. The summed E-state index contributed by atoms with van der Waals surface area (Å²) in [6, 6.07) is 15.6. The average molecular weight is 306 g/mol. The summed E-state index contributed by atoms with van der Waals surface area (Å²) < 4.78 is 5.66. The van der Waals surface area contributed by atoms with Gasteiger partial charge in [0.25, 0.3) is 0 Å². The summed E-state index contributed by atoms with van der Waals surface area (Å²) in [7, 11) is 0. The number of hydrogen-bond donors (Lipinski definition) is 0. The zero-order valence-electron chi connectivity index (χ0n) is 13.9. The molecule has 0 saturated heterocycles. The van der Waals surface area contributed by atoms with Crippen molar-refractivity contribution in [2.75, 3.05) is 6.61 Å². The van der Waals surface area contributed by atoms with E-state index in [4.69, 9.17) is 4.74 Å². The Hall–Kier alpha value is -2.61. The van der Waals surface area contributed by atoms with Crippen LogP contribution in [0.15, 0.2) is 60.2 Å². The van der Waals surface area contributed by atoms with Crippen molar-refractivity contribution in [2.24, 2.45) is 0 Å². The van der Waals surface area contributed by atoms with Crippen LogP contribution < -0.4 is 4.74 Å². The zero-order chi connectivity index (χ0) is 16.7. The van der Waals surface area contributed by atoms with E-state index in [1.165, 1.54) is 5.57 Å². The molecule has 2 heteroatoms. The second kappa shape index (κ2) is 8.14. The van der Waals surface area contributed by atoms with Gasteiger partial charge in [0.15, 0.2) is 0 Å². The van der Waals surface area contributed by atoms with Gasteiger partial charge in [-0.3, -0.25) is 4.79 Å². The molecule has 0 radical (unpaired) electrons. The molecular weight excluding hydrogens is 284 g/mol. The van der Waals surface area contributed by atoms with Crippen molar-refractivity contribution in [2.45, 2.75) is 20.8 Å². The van der Waals surface area contributed by atoms with E-state index < -0.39 is 0 Å². The van der Waals surface area contributed by atoms with Crippen molar-refractivity contribution in [1.82, 2.24) is 0 Å². The van der Waals surface area contributed by atoms with Gasteiger partial charge in [0.2, 0.25) is 0 Å². The highest BCUT2D eigenvalue weighted by Crippen LogP contribution is 2.20. The van der Waals surface area contributed by atoms with Crippen LogP contribution >= 0.6 is 0 Å². The fraction of sp³-hybridized carbons (Fsp3) is 0.190. The molecule has 0 aliphatic heterocycles. The first-order valence-corrected chi connectivity index (χ1v) is 7.68. The fourth-order valence-corrected chi connectivity index (χ4v) is 2.12. The van der Waals surface area contributed by atoms with E-state index in [0.717, 1.165) is 28.7 Å². The van der Waals surface area contributed by atoms with Crippen molar-refractivity contribution in [1.29, 1.82) is 0 Å². The predicted molar refractivity (Wildman–Crippen MR) is 96.7 cm³/mol. The Morgan fingerprint density at radius 1 is 0.913 bits per heavy atom. The zero-order valence-corrected chi connectivity index (χ0v) is 13.9. The maximum absolute atomic E-state index is 10.7. The minimum Gasteiger partial charge on any atom is -0.490 e. The van der Waals surface area contributed by atoms with Crippen LogP contribution in [0.5, 0.6) is 5.75 Å². The Balaban J connectivity index is 2.06. The Morgan fingerprint density at radius 3 is 2.09 bits per heavy atom. The van der Waals surface area contributed by atoms with Gasteiger partial charge in [0.1, 0.15) is 18.6 Å². The molecule has 0 N–H and O–H groups in total. The summed E-state index contributed by atoms with van der Waals surface area (Å²) in [4.78, 5) is 10.7. The van der Waals surface area contributed by atoms with E-state index in [2.05, 4.69) is 32.9 Å². The van der Waals surface area contributed by atoms with Crippen LogP contribution in [0.4, 0.5) is 0 Å². The molecule has 0 aliphatic rings. The Labute approximate surface area is 138 Å². The van der Waals surface area contributed by atoms with E-state index in [1.807, 2.05) is 48.5 Å². The number of aldehydes is 1. The molecule has 0 spiro atoms. The highest BCUT2D eigenvalue weighted by Gasteiger charge is 1.98. The van der Waals surface area contributed by atoms with Gasteiger partial charge >= 0.3 is 0 Å². The second-order valence-electron chi connectivity index (χ2n) is 5.73. The number of carbonyl (C=O) groups is 1. The van der Waals surface area contributed by atoms with Crippen LogP contribution in [-0.4, -0.2) is 12.9 Å². The quantitative estimate of drug-likeness (QED) is 0.405.